The van der Waals surface area contributed by atoms with E-state index in [1.54, 1.807) is 12.1 Å². The minimum absolute atomic E-state index is 0.0636. The second-order valence-electron chi connectivity index (χ2n) is 5.12. The van der Waals surface area contributed by atoms with Gasteiger partial charge in [0.25, 0.3) is 0 Å². The second-order valence-corrected chi connectivity index (χ2v) is 5.56. The summed E-state index contributed by atoms with van der Waals surface area (Å²) < 4.78 is 29.2. The summed E-state index contributed by atoms with van der Waals surface area (Å²) in [5.74, 6) is -0.430. The van der Waals surface area contributed by atoms with Crippen LogP contribution >= 0.6 is 11.6 Å². The van der Waals surface area contributed by atoms with E-state index in [1.165, 1.54) is 18.6 Å². The van der Waals surface area contributed by atoms with Gasteiger partial charge in [0.1, 0.15) is 11.1 Å². The first kappa shape index (κ1) is 16.0. The number of ether oxygens (including phenoxy) is 1. The smallest absolute Gasteiger partial charge is 0.387 e. The summed E-state index contributed by atoms with van der Waals surface area (Å²) in [6.45, 7) is -2.95. The van der Waals surface area contributed by atoms with Crippen molar-refractivity contribution >= 4 is 17.5 Å². The molecule has 6 heteroatoms. The molecule has 21 heavy (non-hydrogen) atoms. The molecule has 0 radical (unpaired) electrons. The molecule has 1 aliphatic carbocycles. The summed E-state index contributed by atoms with van der Waals surface area (Å²) in [6, 6.07) is 6.22. The van der Waals surface area contributed by atoms with Crippen LogP contribution in [0, 0.1) is 0 Å². The third-order valence-electron chi connectivity index (χ3n) is 3.59. The Morgan fingerprint density at radius 3 is 2.57 bits per heavy atom. The van der Waals surface area contributed by atoms with Crippen LogP contribution in [0.1, 0.15) is 43.0 Å². The number of alkyl halides is 3. The number of nitrogens with one attached hydrogen (secondary N) is 1. The van der Waals surface area contributed by atoms with Gasteiger partial charge in [-0.05, 0) is 18.9 Å². The van der Waals surface area contributed by atoms with Gasteiger partial charge in [-0.3, -0.25) is 4.79 Å². The SMILES string of the molecule is O=C(NC1CCCCC1)C(Cl)c1ccccc1OC(F)F. The van der Waals surface area contributed by atoms with Crippen LogP contribution in [0.4, 0.5) is 8.78 Å². The van der Waals surface area contributed by atoms with Crippen molar-refractivity contribution in [2.45, 2.75) is 50.1 Å². The number of carbonyl (C=O) groups is 1. The van der Waals surface area contributed by atoms with Gasteiger partial charge in [0.15, 0.2) is 0 Å². The number of halogens is 3. The molecule has 0 heterocycles. The van der Waals surface area contributed by atoms with E-state index in [2.05, 4.69) is 10.1 Å². The largest absolute Gasteiger partial charge is 0.434 e. The molecule has 1 saturated carbocycles. The van der Waals surface area contributed by atoms with Crippen molar-refractivity contribution in [3.8, 4) is 5.75 Å². The number of hydrogen-bond acceptors (Lipinski definition) is 2. The summed E-state index contributed by atoms with van der Waals surface area (Å²) in [6.07, 6.45) is 5.22. The Labute approximate surface area is 127 Å². The molecule has 1 atom stereocenters. The molecule has 1 aromatic rings. The Kier molecular flexibility index (Phi) is 5.79. The Bertz CT molecular complexity index is 478. The second kappa shape index (κ2) is 7.59. The summed E-state index contributed by atoms with van der Waals surface area (Å²) in [7, 11) is 0. The van der Waals surface area contributed by atoms with Crippen molar-refractivity contribution in [1.29, 1.82) is 0 Å². The van der Waals surface area contributed by atoms with E-state index in [0.717, 1.165) is 25.7 Å². The number of hydrogen-bond donors (Lipinski definition) is 1. The van der Waals surface area contributed by atoms with E-state index in [4.69, 9.17) is 11.6 Å². The Morgan fingerprint density at radius 1 is 1.24 bits per heavy atom. The molecule has 0 spiro atoms. The van der Waals surface area contributed by atoms with Crippen molar-refractivity contribution in [2.75, 3.05) is 0 Å². The third-order valence-corrected chi connectivity index (χ3v) is 4.02. The Hall–Kier alpha value is -1.36. The van der Waals surface area contributed by atoms with Gasteiger partial charge >= 0.3 is 6.61 Å². The summed E-state index contributed by atoms with van der Waals surface area (Å²) in [5.41, 5.74) is 0.257. The highest BCUT2D eigenvalue weighted by Crippen LogP contribution is 2.31. The molecule has 0 saturated heterocycles. The van der Waals surface area contributed by atoms with Gasteiger partial charge in [0.2, 0.25) is 5.91 Å². The predicted octanol–water partition coefficient (Wildman–Crippen LogP) is 4.02. The molecule has 1 aromatic carbocycles. The fraction of sp³-hybridized carbons (Fsp3) is 0.533. The number of para-hydroxylation sites is 1. The van der Waals surface area contributed by atoms with Gasteiger partial charge in [-0.2, -0.15) is 8.78 Å². The van der Waals surface area contributed by atoms with Gasteiger partial charge in [-0.25, -0.2) is 0 Å². The lowest BCUT2D eigenvalue weighted by Crippen LogP contribution is -2.38. The lowest BCUT2D eigenvalue weighted by atomic mass is 9.95. The maximum atomic E-state index is 12.4. The van der Waals surface area contributed by atoms with Crippen molar-refractivity contribution < 1.29 is 18.3 Å². The van der Waals surface area contributed by atoms with Crippen molar-refractivity contribution in [3.63, 3.8) is 0 Å². The van der Waals surface area contributed by atoms with E-state index in [-0.39, 0.29) is 23.3 Å². The summed E-state index contributed by atoms with van der Waals surface area (Å²) >= 11 is 6.13. The van der Waals surface area contributed by atoms with Crippen LogP contribution in [-0.4, -0.2) is 18.6 Å². The van der Waals surface area contributed by atoms with Gasteiger partial charge in [0, 0.05) is 11.6 Å². The van der Waals surface area contributed by atoms with Gasteiger partial charge < -0.3 is 10.1 Å². The molecule has 0 bridgehead atoms. The zero-order valence-electron chi connectivity index (χ0n) is 11.5. The zero-order valence-corrected chi connectivity index (χ0v) is 12.3. The first-order valence-electron chi connectivity index (χ1n) is 7.06. The molecule has 1 aliphatic rings. The van der Waals surface area contributed by atoms with Crippen LogP contribution in [-0.2, 0) is 4.79 Å². The fourth-order valence-electron chi connectivity index (χ4n) is 2.56. The monoisotopic (exact) mass is 317 g/mol. The van der Waals surface area contributed by atoms with Crippen molar-refractivity contribution in [3.05, 3.63) is 29.8 Å². The van der Waals surface area contributed by atoms with Crippen LogP contribution in [0.5, 0.6) is 5.75 Å². The molecule has 1 fully saturated rings. The quantitative estimate of drug-likeness (QED) is 0.833. The summed E-state index contributed by atoms with van der Waals surface area (Å²) in [4.78, 5) is 12.2. The number of benzene rings is 1. The molecule has 0 aromatic heterocycles. The maximum absolute atomic E-state index is 12.4. The maximum Gasteiger partial charge on any atom is 0.387 e. The van der Waals surface area contributed by atoms with Crippen LogP contribution in [0.3, 0.4) is 0 Å². The average Bonchev–Trinajstić information content (AvgIpc) is 2.47. The van der Waals surface area contributed by atoms with Gasteiger partial charge in [-0.15, -0.1) is 11.6 Å². The van der Waals surface area contributed by atoms with E-state index >= 15 is 0 Å². The minimum atomic E-state index is -2.95. The fourth-order valence-corrected chi connectivity index (χ4v) is 2.80. The first-order valence-corrected chi connectivity index (χ1v) is 7.49. The van der Waals surface area contributed by atoms with Gasteiger partial charge in [0.05, 0.1) is 0 Å². The predicted molar refractivity (Wildman–Crippen MR) is 76.7 cm³/mol. The highest BCUT2D eigenvalue weighted by molar-refractivity contribution is 6.31. The van der Waals surface area contributed by atoms with Crippen LogP contribution in [0.2, 0.25) is 0 Å². The third kappa shape index (κ3) is 4.56. The number of carbonyl (C=O) groups excluding carboxylic acids is 1. The van der Waals surface area contributed by atoms with Crippen LogP contribution in [0.15, 0.2) is 24.3 Å². The highest BCUT2D eigenvalue weighted by atomic mass is 35.5. The summed E-state index contributed by atoms with van der Waals surface area (Å²) in [5, 5.41) is 1.84. The topological polar surface area (TPSA) is 38.3 Å². The van der Waals surface area contributed by atoms with E-state index in [9.17, 15) is 13.6 Å². The molecule has 3 nitrogen and oxygen atoms in total. The Balaban J connectivity index is 2.04. The molecule has 0 aliphatic heterocycles. The molecular weight excluding hydrogens is 300 g/mol. The molecule has 1 amide bonds. The minimum Gasteiger partial charge on any atom is -0.434 e. The van der Waals surface area contributed by atoms with Crippen LogP contribution in [0.25, 0.3) is 0 Å². The Morgan fingerprint density at radius 2 is 1.90 bits per heavy atom. The normalized spacial score (nSPS) is 17.5. The van der Waals surface area contributed by atoms with Crippen molar-refractivity contribution in [2.24, 2.45) is 0 Å². The number of amides is 1. The van der Waals surface area contributed by atoms with Crippen molar-refractivity contribution in [1.82, 2.24) is 5.32 Å². The van der Waals surface area contributed by atoms with E-state index < -0.39 is 12.0 Å². The number of rotatable bonds is 5. The lowest BCUT2D eigenvalue weighted by molar-refractivity contribution is -0.121. The molecule has 1 N–H and O–H groups in total. The average molecular weight is 318 g/mol. The van der Waals surface area contributed by atoms with E-state index in [0.29, 0.717) is 0 Å². The van der Waals surface area contributed by atoms with Gasteiger partial charge in [-0.1, -0.05) is 37.5 Å². The highest BCUT2D eigenvalue weighted by Gasteiger charge is 2.25. The molecular formula is C15H18ClF2NO2. The van der Waals surface area contributed by atoms with Crippen LogP contribution < -0.4 is 10.1 Å². The van der Waals surface area contributed by atoms with E-state index in [1.807, 2.05) is 0 Å². The first-order chi connectivity index (χ1) is 10.1. The standard InChI is InChI=1S/C15H18ClF2NO2/c16-13(14(20)19-10-6-2-1-3-7-10)11-8-4-5-9-12(11)21-15(17)18/h4-5,8-10,13,15H,1-3,6-7H2,(H,19,20). The lowest BCUT2D eigenvalue weighted by Gasteiger charge is -2.24. The zero-order chi connectivity index (χ0) is 15.2. The molecule has 1 unspecified atom stereocenters. The molecule has 116 valence electrons. The molecule has 2 rings (SSSR count).